The molecule has 2 aromatic carbocycles. The van der Waals surface area contributed by atoms with Crippen molar-refractivity contribution in [3.05, 3.63) is 53.6 Å². The molecule has 92 valence electrons. The first kappa shape index (κ1) is 12.0. The van der Waals surface area contributed by atoms with Crippen LogP contribution in [-0.4, -0.2) is 11.1 Å². The third-order valence-corrected chi connectivity index (χ3v) is 2.53. The molecule has 0 atom stereocenters. The number of anilines is 1. The van der Waals surface area contributed by atoms with Crippen molar-refractivity contribution in [1.82, 2.24) is 0 Å². The monoisotopic (exact) mass is 249 g/mol. The Labute approximate surface area is 101 Å². The highest BCUT2D eigenvalue weighted by Gasteiger charge is 2.15. The summed E-state index contributed by atoms with van der Waals surface area (Å²) in [4.78, 5) is 10.9. The molecule has 0 amide bonds. The van der Waals surface area contributed by atoms with E-state index in [1.54, 1.807) is 0 Å². The molecular formula is C13H9F2NO2. The Kier molecular flexibility index (Phi) is 2.97. The second kappa shape index (κ2) is 4.44. The number of carboxylic acid groups (broad SMARTS) is 1. The van der Waals surface area contributed by atoms with Gasteiger partial charge in [0.25, 0.3) is 0 Å². The zero-order valence-electron chi connectivity index (χ0n) is 9.15. The molecular weight excluding hydrogens is 240 g/mol. The SMILES string of the molecule is Nc1c(C(=O)O)cc(F)cc1-c1ccc(F)cc1. The minimum Gasteiger partial charge on any atom is -0.478 e. The molecule has 0 saturated carbocycles. The van der Waals surface area contributed by atoms with Crippen molar-refractivity contribution >= 4 is 11.7 Å². The molecule has 18 heavy (non-hydrogen) atoms. The summed E-state index contributed by atoms with van der Waals surface area (Å²) in [6.45, 7) is 0. The van der Waals surface area contributed by atoms with Crippen LogP contribution in [0.4, 0.5) is 14.5 Å². The second-order valence-electron chi connectivity index (χ2n) is 3.73. The molecule has 3 N–H and O–H groups in total. The van der Waals surface area contributed by atoms with E-state index in [4.69, 9.17) is 10.8 Å². The molecule has 0 unspecified atom stereocenters. The lowest BCUT2D eigenvalue weighted by molar-refractivity contribution is 0.0697. The van der Waals surface area contributed by atoms with Crippen molar-refractivity contribution < 1.29 is 18.7 Å². The molecule has 0 fully saturated rings. The maximum Gasteiger partial charge on any atom is 0.337 e. The minimum absolute atomic E-state index is 0.0458. The fraction of sp³-hybridized carbons (Fsp3) is 0. The van der Waals surface area contributed by atoms with E-state index < -0.39 is 17.6 Å². The average molecular weight is 249 g/mol. The number of carboxylic acids is 1. The van der Waals surface area contributed by atoms with Crippen LogP contribution in [0.15, 0.2) is 36.4 Å². The summed E-state index contributed by atoms with van der Waals surface area (Å²) in [7, 11) is 0. The van der Waals surface area contributed by atoms with Crippen LogP contribution in [0.25, 0.3) is 11.1 Å². The quantitative estimate of drug-likeness (QED) is 0.804. The number of nitrogen functional groups attached to an aromatic ring is 1. The van der Waals surface area contributed by atoms with Gasteiger partial charge >= 0.3 is 5.97 Å². The number of hydrogen-bond acceptors (Lipinski definition) is 2. The first-order chi connectivity index (χ1) is 8.49. The van der Waals surface area contributed by atoms with Crippen molar-refractivity contribution in [1.29, 1.82) is 0 Å². The number of halogens is 2. The summed E-state index contributed by atoms with van der Waals surface area (Å²) in [5.74, 6) is -2.46. The lowest BCUT2D eigenvalue weighted by Gasteiger charge is -2.09. The van der Waals surface area contributed by atoms with E-state index in [1.807, 2.05) is 0 Å². The van der Waals surface area contributed by atoms with Crippen molar-refractivity contribution in [2.45, 2.75) is 0 Å². The van der Waals surface area contributed by atoms with E-state index in [9.17, 15) is 13.6 Å². The third kappa shape index (κ3) is 2.15. The first-order valence-electron chi connectivity index (χ1n) is 5.07. The number of aromatic carboxylic acids is 1. The van der Waals surface area contributed by atoms with Gasteiger partial charge in [-0.3, -0.25) is 0 Å². The van der Waals surface area contributed by atoms with Gasteiger partial charge in [-0.1, -0.05) is 12.1 Å². The molecule has 0 bridgehead atoms. The van der Waals surface area contributed by atoms with Crippen LogP contribution in [0, 0.1) is 11.6 Å². The molecule has 2 aromatic rings. The van der Waals surface area contributed by atoms with Gasteiger partial charge in [0.05, 0.1) is 11.3 Å². The van der Waals surface area contributed by atoms with Crippen LogP contribution in [0.3, 0.4) is 0 Å². The van der Waals surface area contributed by atoms with Gasteiger partial charge in [-0.15, -0.1) is 0 Å². The molecule has 2 rings (SSSR count). The average Bonchev–Trinajstić information content (AvgIpc) is 2.32. The molecule has 0 saturated heterocycles. The Bertz CT molecular complexity index is 609. The van der Waals surface area contributed by atoms with Gasteiger partial charge in [-0.2, -0.15) is 0 Å². The fourth-order valence-corrected chi connectivity index (χ4v) is 1.66. The lowest BCUT2D eigenvalue weighted by atomic mass is 10.00. The van der Waals surface area contributed by atoms with Gasteiger partial charge < -0.3 is 10.8 Å². The largest absolute Gasteiger partial charge is 0.478 e. The normalized spacial score (nSPS) is 10.3. The highest BCUT2D eigenvalue weighted by molar-refractivity contribution is 5.98. The summed E-state index contributed by atoms with van der Waals surface area (Å²) in [5, 5.41) is 8.90. The number of nitrogens with two attached hydrogens (primary N) is 1. The number of rotatable bonds is 2. The Morgan fingerprint density at radius 2 is 1.67 bits per heavy atom. The molecule has 0 radical (unpaired) electrons. The van der Waals surface area contributed by atoms with E-state index in [0.717, 1.165) is 12.1 Å². The Morgan fingerprint density at radius 1 is 1.06 bits per heavy atom. The zero-order chi connectivity index (χ0) is 13.3. The fourth-order valence-electron chi connectivity index (χ4n) is 1.66. The molecule has 5 heteroatoms. The molecule has 0 aliphatic carbocycles. The van der Waals surface area contributed by atoms with Gasteiger partial charge in [0.2, 0.25) is 0 Å². The molecule has 0 aromatic heterocycles. The van der Waals surface area contributed by atoms with Crippen LogP contribution in [-0.2, 0) is 0 Å². The summed E-state index contributed by atoms with van der Waals surface area (Å²) < 4.78 is 26.1. The second-order valence-corrected chi connectivity index (χ2v) is 3.73. The number of carbonyl (C=O) groups is 1. The number of hydrogen-bond donors (Lipinski definition) is 2. The Balaban J connectivity index is 2.64. The summed E-state index contributed by atoms with van der Waals surface area (Å²) in [6, 6.07) is 7.18. The van der Waals surface area contributed by atoms with Crippen LogP contribution in [0.2, 0.25) is 0 Å². The van der Waals surface area contributed by atoms with Gasteiger partial charge in [-0.05, 0) is 29.8 Å². The van der Waals surface area contributed by atoms with Crippen LogP contribution >= 0.6 is 0 Å². The van der Waals surface area contributed by atoms with Crippen molar-refractivity contribution in [3.63, 3.8) is 0 Å². The summed E-state index contributed by atoms with van der Waals surface area (Å²) in [5.41, 5.74) is 6.01. The molecule has 0 heterocycles. The number of benzene rings is 2. The maximum absolute atomic E-state index is 13.3. The van der Waals surface area contributed by atoms with Crippen LogP contribution in [0.5, 0.6) is 0 Å². The van der Waals surface area contributed by atoms with Crippen molar-refractivity contribution in [2.24, 2.45) is 0 Å². The standard InChI is InChI=1S/C13H9F2NO2/c14-8-3-1-7(2-4-8)10-5-9(15)6-11(12(10)16)13(17)18/h1-6H,16H2,(H,17,18). The van der Waals surface area contributed by atoms with Crippen LogP contribution < -0.4 is 5.73 Å². The topological polar surface area (TPSA) is 63.3 Å². The third-order valence-electron chi connectivity index (χ3n) is 2.53. The Morgan fingerprint density at radius 3 is 2.22 bits per heavy atom. The van der Waals surface area contributed by atoms with E-state index in [-0.39, 0.29) is 16.8 Å². The molecule has 0 aliphatic heterocycles. The minimum atomic E-state index is -1.31. The summed E-state index contributed by atoms with van der Waals surface area (Å²) in [6.07, 6.45) is 0. The molecule has 3 nitrogen and oxygen atoms in total. The predicted molar refractivity (Wildman–Crippen MR) is 63.2 cm³/mol. The van der Waals surface area contributed by atoms with E-state index in [1.165, 1.54) is 24.3 Å². The molecule has 0 aliphatic rings. The smallest absolute Gasteiger partial charge is 0.337 e. The summed E-state index contributed by atoms with van der Waals surface area (Å²) >= 11 is 0. The van der Waals surface area contributed by atoms with Gasteiger partial charge in [0, 0.05) is 5.56 Å². The lowest BCUT2D eigenvalue weighted by Crippen LogP contribution is -2.05. The predicted octanol–water partition coefficient (Wildman–Crippen LogP) is 2.91. The first-order valence-corrected chi connectivity index (χ1v) is 5.07. The highest BCUT2D eigenvalue weighted by atomic mass is 19.1. The van der Waals surface area contributed by atoms with E-state index in [2.05, 4.69) is 0 Å². The van der Waals surface area contributed by atoms with Gasteiger partial charge in [0.15, 0.2) is 0 Å². The van der Waals surface area contributed by atoms with E-state index >= 15 is 0 Å². The highest BCUT2D eigenvalue weighted by Crippen LogP contribution is 2.30. The maximum atomic E-state index is 13.3. The molecule has 0 spiro atoms. The Hall–Kier alpha value is -2.43. The zero-order valence-corrected chi connectivity index (χ0v) is 9.15. The van der Waals surface area contributed by atoms with Crippen molar-refractivity contribution in [2.75, 3.05) is 5.73 Å². The van der Waals surface area contributed by atoms with Crippen LogP contribution in [0.1, 0.15) is 10.4 Å². The van der Waals surface area contributed by atoms with Crippen molar-refractivity contribution in [3.8, 4) is 11.1 Å². The van der Waals surface area contributed by atoms with E-state index in [0.29, 0.717) is 5.56 Å². The van der Waals surface area contributed by atoms with Gasteiger partial charge in [0.1, 0.15) is 11.6 Å². The van der Waals surface area contributed by atoms with Gasteiger partial charge in [-0.25, -0.2) is 13.6 Å².